The molecule has 1 N–H and O–H groups in total. The molecular weight excluding hydrogens is 342 g/mol. The number of nitrogens with zero attached hydrogens (tertiary/aromatic N) is 2. The zero-order valence-electron chi connectivity index (χ0n) is 14.2. The number of anilines is 1. The van der Waals surface area contributed by atoms with Gasteiger partial charge in [-0.25, -0.2) is 8.42 Å². The Bertz CT molecular complexity index is 810. The van der Waals surface area contributed by atoms with Gasteiger partial charge < -0.3 is 10.1 Å². The van der Waals surface area contributed by atoms with Gasteiger partial charge in [-0.05, 0) is 31.2 Å². The van der Waals surface area contributed by atoms with E-state index in [-0.39, 0.29) is 13.1 Å². The number of carbonyl (C=O) groups excluding carboxylic acids is 1. The number of nitrogens with one attached hydrogen (secondary N) is 1. The van der Waals surface area contributed by atoms with Gasteiger partial charge in [-0.1, -0.05) is 18.2 Å². The number of amides is 1. The van der Waals surface area contributed by atoms with Crippen molar-refractivity contribution in [3.8, 4) is 5.75 Å². The molecule has 0 aliphatic carbocycles. The van der Waals surface area contributed by atoms with Crippen LogP contribution >= 0.6 is 0 Å². The molecule has 1 aromatic carbocycles. The Kier molecular flexibility index (Phi) is 6.49. The molecule has 8 heteroatoms. The van der Waals surface area contributed by atoms with Crippen LogP contribution in [0.4, 0.5) is 5.69 Å². The van der Waals surface area contributed by atoms with Crippen LogP contribution in [-0.2, 0) is 21.4 Å². The fraction of sp³-hybridized carbons (Fsp3) is 0.294. The molecule has 2 rings (SSSR count). The molecule has 0 fully saturated rings. The number of hydrogen-bond donors (Lipinski definition) is 1. The topological polar surface area (TPSA) is 88.6 Å². The van der Waals surface area contributed by atoms with Gasteiger partial charge in [0.05, 0.1) is 37.3 Å². The summed E-state index contributed by atoms with van der Waals surface area (Å²) in [4.78, 5) is 16.4. The van der Waals surface area contributed by atoms with Gasteiger partial charge in [0.25, 0.3) is 0 Å². The van der Waals surface area contributed by atoms with Gasteiger partial charge in [-0.3, -0.25) is 9.78 Å². The standard InChI is InChI=1S/C17H21N3O4S/c1-3-24-16-10-5-4-9-15(16)19-17(21)13-20(25(2,22)23)12-14-8-6-7-11-18-14/h4-11H,3,12-13H2,1-2H3,(H,19,21). The van der Waals surface area contributed by atoms with Gasteiger partial charge >= 0.3 is 0 Å². The fourth-order valence-corrected chi connectivity index (χ4v) is 2.88. The van der Waals surface area contributed by atoms with Gasteiger partial charge in [0.1, 0.15) is 5.75 Å². The lowest BCUT2D eigenvalue weighted by atomic mass is 10.3. The summed E-state index contributed by atoms with van der Waals surface area (Å²) in [7, 11) is -3.57. The second kappa shape index (κ2) is 8.59. The average molecular weight is 363 g/mol. The Hall–Kier alpha value is -2.45. The summed E-state index contributed by atoms with van der Waals surface area (Å²) in [6.45, 7) is 2.02. The van der Waals surface area contributed by atoms with Gasteiger partial charge in [-0.15, -0.1) is 0 Å². The first-order chi connectivity index (χ1) is 11.9. The molecule has 1 aromatic heterocycles. The molecular formula is C17H21N3O4S. The monoisotopic (exact) mass is 363 g/mol. The maximum absolute atomic E-state index is 12.3. The molecule has 0 atom stereocenters. The number of carbonyl (C=O) groups is 1. The van der Waals surface area contributed by atoms with E-state index in [0.717, 1.165) is 10.6 Å². The fourth-order valence-electron chi connectivity index (χ4n) is 2.16. The number of pyridine rings is 1. The van der Waals surface area contributed by atoms with Gasteiger partial charge in [0.2, 0.25) is 15.9 Å². The van der Waals surface area contributed by atoms with Crippen molar-refractivity contribution in [2.45, 2.75) is 13.5 Å². The van der Waals surface area contributed by atoms with Crippen molar-refractivity contribution < 1.29 is 17.9 Å². The van der Waals surface area contributed by atoms with E-state index in [9.17, 15) is 13.2 Å². The molecule has 0 saturated carbocycles. The van der Waals surface area contributed by atoms with Crippen molar-refractivity contribution in [3.05, 3.63) is 54.4 Å². The lowest BCUT2D eigenvalue weighted by Gasteiger charge is -2.19. The summed E-state index contributed by atoms with van der Waals surface area (Å²) in [5.74, 6) is 0.0856. The van der Waals surface area contributed by atoms with E-state index in [2.05, 4.69) is 10.3 Å². The Morgan fingerprint density at radius 1 is 1.20 bits per heavy atom. The van der Waals surface area contributed by atoms with Gasteiger partial charge in [0.15, 0.2) is 0 Å². The van der Waals surface area contributed by atoms with E-state index in [4.69, 9.17) is 4.74 Å². The van der Waals surface area contributed by atoms with E-state index in [0.29, 0.717) is 23.7 Å². The van der Waals surface area contributed by atoms with Crippen LogP contribution in [0, 0.1) is 0 Å². The van der Waals surface area contributed by atoms with E-state index in [1.165, 1.54) is 0 Å². The zero-order chi connectivity index (χ0) is 18.3. The van der Waals surface area contributed by atoms with Crippen LogP contribution in [0.5, 0.6) is 5.75 Å². The van der Waals surface area contributed by atoms with Gasteiger partial charge in [-0.2, -0.15) is 4.31 Å². The van der Waals surface area contributed by atoms with Crippen molar-refractivity contribution in [2.75, 3.05) is 24.7 Å². The predicted molar refractivity (Wildman–Crippen MR) is 95.7 cm³/mol. The van der Waals surface area contributed by atoms with Crippen LogP contribution in [0.2, 0.25) is 0 Å². The van der Waals surface area contributed by atoms with Crippen molar-refractivity contribution >= 4 is 21.6 Å². The summed E-state index contributed by atoms with van der Waals surface area (Å²) >= 11 is 0. The molecule has 1 amide bonds. The Morgan fingerprint density at radius 2 is 1.92 bits per heavy atom. The molecule has 134 valence electrons. The first-order valence-corrected chi connectivity index (χ1v) is 9.61. The molecule has 0 aliphatic heterocycles. The molecule has 0 saturated heterocycles. The smallest absolute Gasteiger partial charge is 0.239 e. The highest BCUT2D eigenvalue weighted by atomic mass is 32.2. The summed E-state index contributed by atoms with van der Waals surface area (Å²) in [5, 5.41) is 2.69. The molecule has 0 bridgehead atoms. The number of para-hydroxylation sites is 2. The Balaban J connectivity index is 2.10. The van der Waals surface area contributed by atoms with Crippen molar-refractivity contribution in [1.82, 2.24) is 9.29 Å². The lowest BCUT2D eigenvalue weighted by Crippen LogP contribution is -2.37. The minimum atomic E-state index is -3.57. The molecule has 0 aliphatic rings. The number of ether oxygens (including phenoxy) is 1. The van der Waals surface area contributed by atoms with Crippen molar-refractivity contribution in [2.24, 2.45) is 0 Å². The van der Waals surface area contributed by atoms with Crippen molar-refractivity contribution in [3.63, 3.8) is 0 Å². The number of sulfonamides is 1. The lowest BCUT2D eigenvalue weighted by molar-refractivity contribution is -0.116. The Labute approximate surface area is 147 Å². The summed E-state index contributed by atoms with van der Waals surface area (Å²) in [5.41, 5.74) is 1.07. The van der Waals surface area contributed by atoms with Crippen LogP contribution in [0.3, 0.4) is 0 Å². The normalized spacial score (nSPS) is 11.3. The number of hydrogen-bond acceptors (Lipinski definition) is 5. The summed E-state index contributed by atoms with van der Waals surface area (Å²) in [6.07, 6.45) is 2.64. The highest BCUT2D eigenvalue weighted by molar-refractivity contribution is 7.88. The maximum atomic E-state index is 12.3. The second-order valence-electron chi connectivity index (χ2n) is 5.33. The average Bonchev–Trinajstić information content (AvgIpc) is 2.56. The minimum absolute atomic E-state index is 0.0280. The van der Waals surface area contributed by atoms with Gasteiger partial charge in [0, 0.05) is 6.20 Å². The number of rotatable bonds is 8. The quantitative estimate of drug-likeness (QED) is 0.774. The highest BCUT2D eigenvalue weighted by Crippen LogP contribution is 2.23. The second-order valence-corrected chi connectivity index (χ2v) is 7.31. The first kappa shape index (κ1) is 18.9. The largest absolute Gasteiger partial charge is 0.492 e. The zero-order valence-corrected chi connectivity index (χ0v) is 15.0. The number of benzene rings is 1. The molecule has 7 nitrogen and oxygen atoms in total. The molecule has 25 heavy (non-hydrogen) atoms. The van der Waals surface area contributed by atoms with Crippen LogP contribution < -0.4 is 10.1 Å². The van der Waals surface area contributed by atoms with E-state index in [1.54, 1.807) is 48.7 Å². The number of aromatic nitrogens is 1. The molecule has 0 radical (unpaired) electrons. The van der Waals surface area contributed by atoms with Crippen LogP contribution in [-0.4, -0.2) is 43.0 Å². The summed E-state index contributed by atoms with van der Waals surface area (Å²) < 4.78 is 30.5. The SMILES string of the molecule is CCOc1ccccc1NC(=O)CN(Cc1ccccn1)S(C)(=O)=O. The van der Waals surface area contributed by atoms with Crippen LogP contribution in [0.15, 0.2) is 48.7 Å². The third kappa shape index (κ3) is 5.84. The predicted octanol–water partition coefficient (Wildman–Crippen LogP) is 1.88. The minimum Gasteiger partial charge on any atom is -0.492 e. The summed E-state index contributed by atoms with van der Waals surface area (Å²) in [6, 6.07) is 12.2. The van der Waals surface area contributed by atoms with Crippen LogP contribution in [0.25, 0.3) is 0 Å². The van der Waals surface area contributed by atoms with Crippen molar-refractivity contribution in [1.29, 1.82) is 0 Å². The third-order valence-electron chi connectivity index (χ3n) is 3.31. The van der Waals surface area contributed by atoms with E-state index in [1.807, 2.05) is 6.92 Å². The maximum Gasteiger partial charge on any atom is 0.239 e. The van der Waals surface area contributed by atoms with E-state index < -0.39 is 15.9 Å². The highest BCUT2D eigenvalue weighted by Gasteiger charge is 2.21. The molecule has 1 heterocycles. The first-order valence-electron chi connectivity index (χ1n) is 7.77. The van der Waals surface area contributed by atoms with Crippen LogP contribution in [0.1, 0.15) is 12.6 Å². The molecule has 0 spiro atoms. The Morgan fingerprint density at radius 3 is 2.56 bits per heavy atom. The molecule has 0 unspecified atom stereocenters. The third-order valence-corrected chi connectivity index (χ3v) is 4.51. The molecule has 2 aromatic rings. The van der Waals surface area contributed by atoms with E-state index >= 15 is 0 Å².